The summed E-state index contributed by atoms with van der Waals surface area (Å²) in [5, 5.41) is 15.4. The van der Waals surface area contributed by atoms with Crippen molar-refractivity contribution in [3.8, 4) is 0 Å². The third-order valence-corrected chi connectivity index (χ3v) is 4.15. The minimum atomic E-state index is -0.719. The molecule has 0 fully saturated rings. The quantitative estimate of drug-likeness (QED) is 0.654. The number of nitrogens with zero attached hydrogens (tertiary/aromatic N) is 1. The zero-order valence-corrected chi connectivity index (χ0v) is 12.2. The summed E-state index contributed by atoms with van der Waals surface area (Å²) < 4.78 is 0. The predicted molar refractivity (Wildman–Crippen MR) is 80.9 cm³/mol. The largest absolute Gasteiger partial charge is 0.350 e. The van der Waals surface area contributed by atoms with Crippen LogP contribution in [0.1, 0.15) is 22.0 Å². The van der Waals surface area contributed by atoms with Crippen LogP contribution in [0.3, 0.4) is 0 Å². The number of nitrogens with one attached hydrogen (secondary N) is 1. The van der Waals surface area contributed by atoms with Gasteiger partial charge in [-0.3, -0.25) is 14.9 Å². The molecule has 0 bridgehead atoms. The molecule has 0 aliphatic heterocycles. The van der Waals surface area contributed by atoms with Gasteiger partial charge in [0.05, 0.1) is 4.92 Å². The highest BCUT2D eigenvalue weighted by atomic mass is 32.1. The molecular formula is C14H15N3O3S. The minimum absolute atomic E-state index is 0.0457. The molecule has 0 radical (unpaired) electrons. The Balaban J connectivity index is 2.05. The van der Waals surface area contributed by atoms with Crippen LogP contribution < -0.4 is 11.1 Å². The van der Waals surface area contributed by atoms with Crippen LogP contribution >= 0.6 is 11.3 Å². The second-order valence-electron chi connectivity index (χ2n) is 4.53. The van der Waals surface area contributed by atoms with Gasteiger partial charge in [0.15, 0.2) is 0 Å². The number of benzene rings is 1. The first-order valence-corrected chi connectivity index (χ1v) is 7.18. The van der Waals surface area contributed by atoms with Crippen LogP contribution in [0.5, 0.6) is 0 Å². The second kappa shape index (κ2) is 6.47. The minimum Gasteiger partial charge on any atom is -0.350 e. The van der Waals surface area contributed by atoms with E-state index in [1.807, 2.05) is 11.4 Å². The van der Waals surface area contributed by atoms with Gasteiger partial charge in [-0.05, 0) is 23.9 Å². The predicted octanol–water partition coefficient (Wildman–Crippen LogP) is 2.28. The molecule has 1 unspecified atom stereocenters. The molecule has 1 amide bonds. The van der Waals surface area contributed by atoms with E-state index in [9.17, 15) is 14.9 Å². The van der Waals surface area contributed by atoms with E-state index in [0.29, 0.717) is 11.1 Å². The molecule has 0 saturated carbocycles. The van der Waals surface area contributed by atoms with Gasteiger partial charge < -0.3 is 11.1 Å². The Labute approximate surface area is 125 Å². The molecule has 3 N–H and O–H groups in total. The molecule has 21 heavy (non-hydrogen) atoms. The van der Waals surface area contributed by atoms with Crippen molar-refractivity contribution < 1.29 is 9.72 Å². The number of nitrogens with two attached hydrogens (primary N) is 1. The molecule has 6 nitrogen and oxygen atoms in total. The van der Waals surface area contributed by atoms with Gasteiger partial charge >= 0.3 is 0 Å². The average Bonchev–Trinajstić information content (AvgIpc) is 2.98. The van der Waals surface area contributed by atoms with Crippen LogP contribution in [-0.2, 0) is 11.3 Å². The number of nitro groups is 1. The zero-order chi connectivity index (χ0) is 15.4. The topological polar surface area (TPSA) is 98.3 Å². The summed E-state index contributed by atoms with van der Waals surface area (Å²) in [6, 6.07) is 7.71. The highest BCUT2D eigenvalue weighted by molar-refractivity contribution is 7.10. The van der Waals surface area contributed by atoms with Crippen LogP contribution in [-0.4, -0.2) is 10.8 Å². The van der Waals surface area contributed by atoms with Crippen molar-refractivity contribution in [3.63, 3.8) is 0 Å². The van der Waals surface area contributed by atoms with E-state index in [4.69, 9.17) is 5.73 Å². The number of carbonyl (C=O) groups is 1. The number of thiophene rings is 1. The molecular weight excluding hydrogens is 290 g/mol. The van der Waals surface area contributed by atoms with Crippen molar-refractivity contribution in [2.24, 2.45) is 5.73 Å². The average molecular weight is 305 g/mol. The summed E-state index contributed by atoms with van der Waals surface area (Å²) in [6.45, 7) is 1.88. The van der Waals surface area contributed by atoms with Crippen LogP contribution in [0.15, 0.2) is 35.7 Å². The summed E-state index contributed by atoms with van der Waals surface area (Å²) in [7, 11) is 0. The van der Waals surface area contributed by atoms with Crippen molar-refractivity contribution in [2.45, 2.75) is 19.5 Å². The molecule has 0 aliphatic carbocycles. The molecule has 7 heteroatoms. The summed E-state index contributed by atoms with van der Waals surface area (Å²) >= 11 is 1.42. The van der Waals surface area contributed by atoms with Crippen LogP contribution in [0.2, 0.25) is 0 Å². The third kappa shape index (κ3) is 3.45. The number of carbonyl (C=O) groups excluding carboxylic acids is 1. The molecule has 1 atom stereocenters. The van der Waals surface area contributed by atoms with E-state index in [0.717, 1.165) is 4.88 Å². The first-order chi connectivity index (χ1) is 10.0. The molecule has 110 valence electrons. The molecule has 1 heterocycles. The van der Waals surface area contributed by atoms with Gasteiger partial charge in [-0.1, -0.05) is 18.2 Å². The Morgan fingerprint density at radius 2 is 2.19 bits per heavy atom. The van der Waals surface area contributed by atoms with Crippen molar-refractivity contribution in [3.05, 3.63) is 61.8 Å². The maximum absolute atomic E-state index is 12.0. The lowest BCUT2D eigenvalue weighted by molar-refractivity contribution is -0.385. The smallest absolute Gasteiger partial charge is 0.272 e. The van der Waals surface area contributed by atoms with Gasteiger partial charge in [-0.25, -0.2) is 0 Å². The Hall–Kier alpha value is -2.25. The lowest BCUT2D eigenvalue weighted by Gasteiger charge is -2.12. The van der Waals surface area contributed by atoms with Crippen LogP contribution in [0, 0.1) is 17.0 Å². The fraction of sp³-hybridized carbons (Fsp3) is 0.214. The Kier molecular flexibility index (Phi) is 4.66. The highest BCUT2D eigenvalue weighted by Gasteiger charge is 2.18. The van der Waals surface area contributed by atoms with Gasteiger partial charge in [0.2, 0.25) is 5.91 Å². The van der Waals surface area contributed by atoms with Crippen LogP contribution in [0.4, 0.5) is 5.69 Å². The number of amides is 1. The number of hydrogen-bond acceptors (Lipinski definition) is 5. The molecule has 1 aromatic heterocycles. The number of nitro benzene ring substituents is 1. The van der Waals surface area contributed by atoms with Crippen LogP contribution in [0.25, 0.3) is 0 Å². The highest BCUT2D eigenvalue weighted by Crippen LogP contribution is 2.21. The maximum atomic E-state index is 12.0. The lowest BCUT2D eigenvalue weighted by Crippen LogP contribution is -2.33. The molecule has 0 aliphatic rings. The number of rotatable bonds is 5. The standard InChI is InChI=1S/C14H15N3O3S/c1-9-10(4-2-5-11(9)17(19)20)8-16-14(18)13(15)12-6-3-7-21-12/h2-7,13H,8,15H2,1H3,(H,16,18). The Bertz CT molecular complexity index is 655. The van der Waals surface area contributed by atoms with E-state index in [-0.39, 0.29) is 18.1 Å². The number of hydrogen-bond donors (Lipinski definition) is 2. The summed E-state index contributed by atoms with van der Waals surface area (Å²) in [4.78, 5) is 23.2. The third-order valence-electron chi connectivity index (χ3n) is 3.20. The first-order valence-electron chi connectivity index (χ1n) is 6.30. The summed E-state index contributed by atoms with van der Waals surface area (Å²) in [6.07, 6.45) is 0. The monoisotopic (exact) mass is 305 g/mol. The Morgan fingerprint density at radius 1 is 1.43 bits per heavy atom. The zero-order valence-electron chi connectivity index (χ0n) is 11.4. The van der Waals surface area contributed by atoms with Crippen molar-refractivity contribution in [1.29, 1.82) is 0 Å². The van der Waals surface area contributed by atoms with Gasteiger partial charge in [0.25, 0.3) is 5.69 Å². The van der Waals surface area contributed by atoms with E-state index in [1.165, 1.54) is 17.4 Å². The fourth-order valence-corrected chi connectivity index (χ4v) is 2.67. The normalized spacial score (nSPS) is 11.9. The van der Waals surface area contributed by atoms with E-state index < -0.39 is 11.0 Å². The van der Waals surface area contributed by atoms with Gasteiger partial charge in [0.1, 0.15) is 6.04 Å². The summed E-state index contributed by atoms with van der Waals surface area (Å²) in [5.41, 5.74) is 7.15. The lowest BCUT2D eigenvalue weighted by atomic mass is 10.1. The molecule has 1 aromatic carbocycles. The van der Waals surface area contributed by atoms with E-state index in [1.54, 1.807) is 25.1 Å². The molecule has 0 saturated heterocycles. The SMILES string of the molecule is Cc1c(CNC(=O)C(N)c2cccs2)cccc1[N+](=O)[O-]. The van der Waals surface area contributed by atoms with Crippen molar-refractivity contribution in [1.82, 2.24) is 5.32 Å². The molecule has 2 aromatic rings. The molecule has 0 spiro atoms. The van der Waals surface area contributed by atoms with Gasteiger partial charge in [-0.15, -0.1) is 11.3 Å². The Morgan fingerprint density at radius 3 is 2.81 bits per heavy atom. The fourth-order valence-electron chi connectivity index (χ4n) is 1.95. The van der Waals surface area contributed by atoms with Crippen molar-refractivity contribution >= 4 is 22.9 Å². The summed E-state index contributed by atoms with van der Waals surface area (Å²) in [5.74, 6) is -0.302. The van der Waals surface area contributed by atoms with E-state index >= 15 is 0 Å². The maximum Gasteiger partial charge on any atom is 0.272 e. The van der Waals surface area contributed by atoms with Crippen molar-refractivity contribution in [2.75, 3.05) is 0 Å². The second-order valence-corrected chi connectivity index (χ2v) is 5.51. The van der Waals surface area contributed by atoms with E-state index in [2.05, 4.69) is 5.32 Å². The van der Waals surface area contributed by atoms with Gasteiger partial charge in [0, 0.05) is 23.1 Å². The van der Waals surface area contributed by atoms with Gasteiger partial charge in [-0.2, -0.15) is 0 Å². The first kappa shape index (κ1) is 15.1. The molecule has 2 rings (SSSR count).